The van der Waals surface area contributed by atoms with Gasteiger partial charge in [-0.3, -0.25) is 0 Å². The quantitative estimate of drug-likeness (QED) is 0.846. The summed E-state index contributed by atoms with van der Waals surface area (Å²) in [6.45, 7) is 5.28. The molecule has 1 aromatic rings. The SMILES string of the molecule is COc1cc(C)c(CN[C@@H]2CCC[C@]2(C)CO)cc1OC. The van der Waals surface area contributed by atoms with Gasteiger partial charge >= 0.3 is 0 Å². The van der Waals surface area contributed by atoms with E-state index in [1.807, 2.05) is 12.1 Å². The number of aliphatic hydroxyl groups excluding tert-OH is 1. The molecule has 4 heteroatoms. The summed E-state index contributed by atoms with van der Waals surface area (Å²) in [4.78, 5) is 0. The minimum absolute atomic E-state index is 0.00443. The van der Waals surface area contributed by atoms with Gasteiger partial charge in [-0.05, 0) is 43.0 Å². The number of benzene rings is 1. The number of hydrogen-bond acceptors (Lipinski definition) is 4. The molecule has 1 aliphatic carbocycles. The van der Waals surface area contributed by atoms with Crippen LogP contribution >= 0.6 is 0 Å². The van der Waals surface area contributed by atoms with Gasteiger partial charge < -0.3 is 19.9 Å². The van der Waals surface area contributed by atoms with Crippen molar-refractivity contribution < 1.29 is 14.6 Å². The van der Waals surface area contributed by atoms with E-state index in [4.69, 9.17) is 9.47 Å². The monoisotopic (exact) mass is 293 g/mol. The van der Waals surface area contributed by atoms with Crippen LogP contribution in [-0.2, 0) is 6.54 Å². The summed E-state index contributed by atoms with van der Waals surface area (Å²) < 4.78 is 10.7. The first-order chi connectivity index (χ1) is 10.0. The van der Waals surface area contributed by atoms with Crippen LogP contribution in [0.5, 0.6) is 11.5 Å². The molecule has 0 bridgehead atoms. The van der Waals surface area contributed by atoms with Crippen LogP contribution in [0.25, 0.3) is 0 Å². The molecule has 118 valence electrons. The second-order valence-electron chi connectivity index (χ2n) is 6.27. The lowest BCUT2D eigenvalue weighted by molar-refractivity contribution is 0.118. The van der Waals surface area contributed by atoms with Gasteiger partial charge in [0.1, 0.15) is 0 Å². The minimum atomic E-state index is 0.00443. The van der Waals surface area contributed by atoms with Crippen molar-refractivity contribution in [3.8, 4) is 11.5 Å². The second kappa shape index (κ2) is 6.67. The van der Waals surface area contributed by atoms with Crippen LogP contribution in [0.4, 0.5) is 0 Å². The van der Waals surface area contributed by atoms with Gasteiger partial charge in [-0.2, -0.15) is 0 Å². The summed E-state index contributed by atoms with van der Waals surface area (Å²) in [6.07, 6.45) is 3.40. The Labute approximate surface area is 127 Å². The molecule has 2 rings (SSSR count). The normalized spacial score (nSPS) is 25.1. The van der Waals surface area contributed by atoms with Gasteiger partial charge in [0.25, 0.3) is 0 Å². The van der Waals surface area contributed by atoms with E-state index in [1.54, 1.807) is 14.2 Å². The van der Waals surface area contributed by atoms with Crippen LogP contribution in [0.2, 0.25) is 0 Å². The van der Waals surface area contributed by atoms with Crippen LogP contribution in [0.15, 0.2) is 12.1 Å². The van der Waals surface area contributed by atoms with Crippen molar-refractivity contribution in [2.45, 2.75) is 45.7 Å². The fourth-order valence-electron chi connectivity index (χ4n) is 3.22. The Hall–Kier alpha value is -1.26. The highest BCUT2D eigenvalue weighted by atomic mass is 16.5. The minimum Gasteiger partial charge on any atom is -0.493 e. The summed E-state index contributed by atoms with van der Waals surface area (Å²) in [7, 11) is 3.31. The maximum atomic E-state index is 9.62. The van der Waals surface area contributed by atoms with Crippen molar-refractivity contribution in [1.82, 2.24) is 5.32 Å². The summed E-state index contributed by atoms with van der Waals surface area (Å²) in [5, 5.41) is 13.2. The predicted octanol–water partition coefficient (Wildman–Crippen LogP) is 2.65. The van der Waals surface area contributed by atoms with E-state index in [9.17, 15) is 5.11 Å². The number of hydrogen-bond donors (Lipinski definition) is 2. The predicted molar refractivity (Wildman–Crippen MR) is 84.0 cm³/mol. The molecule has 0 aromatic heterocycles. The number of rotatable bonds is 6. The largest absolute Gasteiger partial charge is 0.493 e. The Kier molecular flexibility index (Phi) is 5.12. The summed E-state index contributed by atoms with van der Waals surface area (Å²) in [5.74, 6) is 1.52. The lowest BCUT2D eigenvalue weighted by Gasteiger charge is -2.30. The van der Waals surface area contributed by atoms with Gasteiger partial charge in [-0.1, -0.05) is 13.3 Å². The summed E-state index contributed by atoms with van der Waals surface area (Å²) >= 11 is 0. The van der Waals surface area contributed by atoms with Gasteiger partial charge in [0, 0.05) is 24.6 Å². The van der Waals surface area contributed by atoms with Crippen LogP contribution < -0.4 is 14.8 Å². The Balaban J connectivity index is 2.10. The molecule has 0 unspecified atom stereocenters. The highest BCUT2D eigenvalue weighted by molar-refractivity contribution is 5.47. The lowest BCUT2D eigenvalue weighted by Crippen LogP contribution is -2.41. The molecule has 21 heavy (non-hydrogen) atoms. The zero-order valence-electron chi connectivity index (χ0n) is 13.5. The van der Waals surface area contributed by atoms with Crippen LogP contribution in [0.3, 0.4) is 0 Å². The van der Waals surface area contributed by atoms with Crippen LogP contribution in [-0.4, -0.2) is 32.0 Å². The zero-order chi connectivity index (χ0) is 15.5. The van der Waals surface area contributed by atoms with Gasteiger partial charge in [0.05, 0.1) is 14.2 Å². The van der Waals surface area contributed by atoms with E-state index >= 15 is 0 Å². The maximum Gasteiger partial charge on any atom is 0.161 e. The maximum absolute atomic E-state index is 9.62. The molecule has 0 saturated heterocycles. The van der Waals surface area contributed by atoms with E-state index in [-0.39, 0.29) is 12.0 Å². The van der Waals surface area contributed by atoms with Crippen molar-refractivity contribution in [3.63, 3.8) is 0 Å². The number of methoxy groups -OCH3 is 2. The third kappa shape index (κ3) is 3.33. The Bertz CT molecular complexity index is 489. The fourth-order valence-corrected chi connectivity index (χ4v) is 3.22. The molecular weight excluding hydrogens is 266 g/mol. The average molecular weight is 293 g/mol. The van der Waals surface area contributed by atoms with Crippen molar-refractivity contribution in [1.29, 1.82) is 0 Å². The molecule has 2 atom stereocenters. The smallest absolute Gasteiger partial charge is 0.161 e. The van der Waals surface area contributed by atoms with Crippen molar-refractivity contribution in [2.24, 2.45) is 5.41 Å². The van der Waals surface area contributed by atoms with Crippen molar-refractivity contribution >= 4 is 0 Å². The van der Waals surface area contributed by atoms with E-state index in [0.29, 0.717) is 6.04 Å². The number of aliphatic hydroxyl groups is 1. The fraction of sp³-hybridized carbons (Fsp3) is 0.647. The summed E-state index contributed by atoms with van der Waals surface area (Å²) in [5.41, 5.74) is 2.40. The third-order valence-corrected chi connectivity index (χ3v) is 4.82. The third-order valence-electron chi connectivity index (χ3n) is 4.82. The number of ether oxygens (including phenoxy) is 2. The molecule has 1 aromatic carbocycles. The van der Waals surface area contributed by atoms with Gasteiger partial charge in [-0.15, -0.1) is 0 Å². The zero-order valence-corrected chi connectivity index (χ0v) is 13.5. The highest BCUT2D eigenvalue weighted by Crippen LogP contribution is 2.38. The van der Waals surface area contributed by atoms with Crippen LogP contribution in [0, 0.1) is 12.3 Å². The second-order valence-corrected chi connectivity index (χ2v) is 6.27. The molecule has 0 amide bonds. The van der Waals surface area contributed by atoms with E-state index in [2.05, 4.69) is 19.2 Å². The van der Waals surface area contributed by atoms with E-state index in [1.165, 1.54) is 17.5 Å². The molecular formula is C17H27NO3. The molecule has 1 fully saturated rings. The van der Waals surface area contributed by atoms with Gasteiger partial charge in [0.15, 0.2) is 11.5 Å². The molecule has 4 nitrogen and oxygen atoms in total. The number of nitrogens with one attached hydrogen (secondary N) is 1. The van der Waals surface area contributed by atoms with E-state index < -0.39 is 0 Å². The molecule has 2 N–H and O–H groups in total. The van der Waals surface area contributed by atoms with Crippen molar-refractivity contribution in [2.75, 3.05) is 20.8 Å². The Morgan fingerprint density at radius 3 is 2.57 bits per heavy atom. The molecule has 0 radical (unpaired) electrons. The molecule has 1 aliphatic rings. The standard InChI is InChI=1S/C17H27NO3/c1-12-8-14(20-3)15(21-4)9-13(12)10-18-16-6-5-7-17(16,2)11-19/h8-9,16,18-19H,5-7,10-11H2,1-4H3/t16-,17-/m1/s1. The van der Waals surface area contributed by atoms with Gasteiger partial charge in [-0.25, -0.2) is 0 Å². The van der Waals surface area contributed by atoms with Crippen LogP contribution in [0.1, 0.15) is 37.3 Å². The highest BCUT2D eigenvalue weighted by Gasteiger charge is 2.37. The molecule has 1 saturated carbocycles. The first-order valence-corrected chi connectivity index (χ1v) is 7.60. The Morgan fingerprint density at radius 2 is 1.95 bits per heavy atom. The first-order valence-electron chi connectivity index (χ1n) is 7.60. The molecule has 0 aliphatic heterocycles. The van der Waals surface area contributed by atoms with Gasteiger partial charge in [0.2, 0.25) is 0 Å². The average Bonchev–Trinajstić information content (AvgIpc) is 2.87. The molecule has 0 heterocycles. The lowest BCUT2D eigenvalue weighted by atomic mass is 9.85. The summed E-state index contributed by atoms with van der Waals surface area (Å²) in [6, 6.07) is 4.41. The van der Waals surface area contributed by atoms with E-state index in [0.717, 1.165) is 30.9 Å². The number of aryl methyl sites for hydroxylation is 1. The first kappa shape index (κ1) is 16.1. The van der Waals surface area contributed by atoms with Crippen molar-refractivity contribution in [3.05, 3.63) is 23.3 Å². The Morgan fingerprint density at radius 1 is 1.29 bits per heavy atom. The molecule has 0 spiro atoms. The topological polar surface area (TPSA) is 50.7 Å².